The van der Waals surface area contributed by atoms with E-state index in [1.807, 2.05) is 19.9 Å². The van der Waals surface area contributed by atoms with E-state index >= 15 is 0 Å². The number of amides is 1. The highest BCUT2D eigenvalue weighted by Gasteiger charge is 2.08. The molecule has 0 fully saturated rings. The Balaban J connectivity index is 2.55. The van der Waals surface area contributed by atoms with Crippen LogP contribution in [0, 0.1) is 0 Å². The number of nitrogens with one attached hydrogen (secondary N) is 1. The lowest BCUT2D eigenvalue weighted by Gasteiger charge is -2.12. The van der Waals surface area contributed by atoms with E-state index in [1.54, 1.807) is 19.2 Å². The van der Waals surface area contributed by atoms with Gasteiger partial charge in [0.15, 0.2) is 0 Å². The Bertz CT molecular complexity index is 410. The van der Waals surface area contributed by atoms with Crippen molar-refractivity contribution in [2.45, 2.75) is 31.2 Å². The number of nitrogens with two attached hydrogens (primary N) is 1. The van der Waals surface area contributed by atoms with Crippen LogP contribution in [0.1, 0.15) is 20.3 Å². The van der Waals surface area contributed by atoms with Crippen LogP contribution in [0.15, 0.2) is 23.1 Å². The van der Waals surface area contributed by atoms with Gasteiger partial charge in [-0.2, -0.15) is 0 Å². The Kier molecular flexibility index (Phi) is 5.85. The van der Waals surface area contributed by atoms with Crippen molar-refractivity contribution in [3.63, 3.8) is 0 Å². The van der Waals surface area contributed by atoms with Crippen molar-refractivity contribution < 1.29 is 9.53 Å². The van der Waals surface area contributed by atoms with Gasteiger partial charge in [0.05, 0.1) is 12.9 Å². The molecule has 100 valence electrons. The number of thioether (sulfide) groups is 1. The number of methoxy groups -OCH3 is 1. The largest absolute Gasteiger partial charge is 0.497 e. The van der Waals surface area contributed by atoms with E-state index in [1.165, 1.54) is 11.8 Å². The predicted octanol–water partition coefficient (Wildman–Crippen LogP) is 2.28. The molecule has 3 N–H and O–H groups in total. The molecule has 1 aromatic carbocycles. The van der Waals surface area contributed by atoms with Crippen LogP contribution in [0.25, 0.3) is 0 Å². The third-order valence-corrected chi connectivity index (χ3v) is 3.67. The molecule has 5 heteroatoms. The lowest BCUT2D eigenvalue weighted by molar-refractivity contribution is -0.119. The van der Waals surface area contributed by atoms with Gasteiger partial charge < -0.3 is 15.8 Å². The number of hydrogen-bond donors (Lipinski definition) is 2. The van der Waals surface area contributed by atoms with E-state index < -0.39 is 0 Å². The summed E-state index contributed by atoms with van der Waals surface area (Å²) in [4.78, 5) is 12.5. The molecule has 0 aliphatic rings. The fraction of sp³-hybridized carbons (Fsp3) is 0.462. The van der Waals surface area contributed by atoms with Gasteiger partial charge in [-0.15, -0.1) is 11.8 Å². The summed E-state index contributed by atoms with van der Waals surface area (Å²) in [5, 5.41) is 2.92. The molecule has 1 rings (SSSR count). The first-order valence-corrected chi connectivity index (χ1v) is 6.91. The zero-order valence-corrected chi connectivity index (χ0v) is 11.8. The standard InChI is InChI=1S/C13H20N2O2S/c1-4-9(2)15-13(16)8-18-12-7-10(17-3)5-6-11(12)14/h5-7,9H,4,8,14H2,1-3H3,(H,15,16). The summed E-state index contributed by atoms with van der Waals surface area (Å²) in [7, 11) is 1.61. The second-order valence-electron chi connectivity index (χ2n) is 4.07. The molecular weight excluding hydrogens is 248 g/mol. The molecule has 0 heterocycles. The molecule has 4 nitrogen and oxygen atoms in total. The maximum atomic E-state index is 11.6. The monoisotopic (exact) mass is 268 g/mol. The smallest absolute Gasteiger partial charge is 0.230 e. The van der Waals surface area contributed by atoms with Crippen molar-refractivity contribution in [3.8, 4) is 5.75 Å². The minimum Gasteiger partial charge on any atom is -0.497 e. The normalized spacial score (nSPS) is 11.9. The molecule has 0 saturated heterocycles. The quantitative estimate of drug-likeness (QED) is 0.613. The molecule has 1 amide bonds. The van der Waals surface area contributed by atoms with Crippen LogP contribution in [-0.2, 0) is 4.79 Å². The van der Waals surface area contributed by atoms with Crippen LogP contribution < -0.4 is 15.8 Å². The van der Waals surface area contributed by atoms with Crippen molar-refractivity contribution in [2.75, 3.05) is 18.6 Å². The van der Waals surface area contributed by atoms with Crippen molar-refractivity contribution in [1.82, 2.24) is 5.32 Å². The van der Waals surface area contributed by atoms with Gasteiger partial charge in [0, 0.05) is 16.6 Å². The lowest BCUT2D eigenvalue weighted by Crippen LogP contribution is -2.33. The minimum absolute atomic E-state index is 0.0246. The number of benzene rings is 1. The molecule has 0 saturated carbocycles. The number of anilines is 1. The van der Waals surface area contributed by atoms with Crippen LogP contribution in [0.4, 0.5) is 5.69 Å². The summed E-state index contributed by atoms with van der Waals surface area (Å²) in [5.74, 6) is 1.13. The van der Waals surface area contributed by atoms with E-state index in [-0.39, 0.29) is 11.9 Å². The van der Waals surface area contributed by atoms with Gasteiger partial charge in [-0.1, -0.05) is 6.92 Å². The number of hydrogen-bond acceptors (Lipinski definition) is 4. The molecule has 0 bridgehead atoms. The zero-order valence-electron chi connectivity index (χ0n) is 11.0. The van der Waals surface area contributed by atoms with Crippen molar-refractivity contribution in [3.05, 3.63) is 18.2 Å². The van der Waals surface area contributed by atoms with Gasteiger partial charge in [0.2, 0.25) is 5.91 Å². The van der Waals surface area contributed by atoms with E-state index in [2.05, 4.69) is 5.32 Å². The summed E-state index contributed by atoms with van der Waals surface area (Å²) in [6.07, 6.45) is 0.928. The third-order valence-electron chi connectivity index (χ3n) is 2.60. The molecular formula is C13H20N2O2S. The fourth-order valence-corrected chi connectivity index (χ4v) is 2.13. The van der Waals surface area contributed by atoms with Crippen molar-refractivity contribution in [1.29, 1.82) is 0 Å². The Morgan fingerprint density at radius 3 is 2.89 bits per heavy atom. The summed E-state index contributed by atoms with van der Waals surface area (Å²) in [5.41, 5.74) is 6.51. The number of rotatable bonds is 6. The first kappa shape index (κ1) is 14.7. The van der Waals surface area contributed by atoms with Crippen molar-refractivity contribution >= 4 is 23.4 Å². The van der Waals surface area contributed by atoms with E-state index in [0.717, 1.165) is 17.1 Å². The second kappa shape index (κ2) is 7.16. The zero-order chi connectivity index (χ0) is 13.5. The summed E-state index contributed by atoms with van der Waals surface area (Å²) in [6, 6.07) is 5.64. The first-order chi connectivity index (χ1) is 8.56. The highest BCUT2D eigenvalue weighted by Crippen LogP contribution is 2.28. The van der Waals surface area contributed by atoms with Crippen LogP contribution in [0.2, 0.25) is 0 Å². The number of carbonyl (C=O) groups excluding carboxylic acids is 1. The van der Waals surface area contributed by atoms with Gasteiger partial charge in [-0.05, 0) is 31.5 Å². The SMILES string of the molecule is CCC(C)NC(=O)CSc1cc(OC)ccc1N. The number of nitrogen functional groups attached to an aromatic ring is 1. The summed E-state index contributed by atoms with van der Waals surface area (Å²) in [6.45, 7) is 4.03. The first-order valence-electron chi connectivity index (χ1n) is 5.92. The average molecular weight is 268 g/mol. The second-order valence-corrected chi connectivity index (χ2v) is 5.09. The molecule has 0 aliphatic heterocycles. The van der Waals surface area contributed by atoms with Crippen LogP contribution in [0.3, 0.4) is 0 Å². The summed E-state index contributed by atoms with van der Waals surface area (Å²) < 4.78 is 5.13. The topological polar surface area (TPSA) is 64.3 Å². The molecule has 0 aromatic heterocycles. The molecule has 18 heavy (non-hydrogen) atoms. The Morgan fingerprint density at radius 2 is 2.28 bits per heavy atom. The lowest BCUT2D eigenvalue weighted by atomic mass is 10.3. The Hall–Kier alpha value is -1.36. The molecule has 1 unspecified atom stereocenters. The number of ether oxygens (including phenoxy) is 1. The average Bonchev–Trinajstić information content (AvgIpc) is 2.37. The highest BCUT2D eigenvalue weighted by molar-refractivity contribution is 8.00. The predicted molar refractivity (Wildman–Crippen MR) is 76.0 cm³/mol. The minimum atomic E-state index is 0.0246. The number of carbonyl (C=O) groups is 1. The van der Waals surface area contributed by atoms with Crippen LogP contribution in [-0.4, -0.2) is 24.8 Å². The Morgan fingerprint density at radius 1 is 1.56 bits per heavy atom. The van der Waals surface area contributed by atoms with Crippen LogP contribution >= 0.6 is 11.8 Å². The van der Waals surface area contributed by atoms with Gasteiger partial charge in [0.1, 0.15) is 5.75 Å². The van der Waals surface area contributed by atoms with Crippen molar-refractivity contribution in [2.24, 2.45) is 0 Å². The fourth-order valence-electron chi connectivity index (χ4n) is 1.33. The highest BCUT2D eigenvalue weighted by atomic mass is 32.2. The van der Waals surface area contributed by atoms with Crippen LogP contribution in [0.5, 0.6) is 5.75 Å². The molecule has 1 aromatic rings. The van der Waals surface area contributed by atoms with E-state index in [0.29, 0.717) is 11.4 Å². The maximum absolute atomic E-state index is 11.6. The molecule has 0 radical (unpaired) electrons. The van der Waals surface area contributed by atoms with Gasteiger partial charge in [-0.3, -0.25) is 4.79 Å². The molecule has 0 aliphatic carbocycles. The third kappa shape index (κ3) is 4.49. The van der Waals surface area contributed by atoms with Gasteiger partial charge >= 0.3 is 0 Å². The molecule has 0 spiro atoms. The maximum Gasteiger partial charge on any atom is 0.230 e. The Labute approximate surface area is 112 Å². The summed E-state index contributed by atoms with van der Waals surface area (Å²) >= 11 is 1.42. The van der Waals surface area contributed by atoms with Gasteiger partial charge in [-0.25, -0.2) is 0 Å². The van der Waals surface area contributed by atoms with E-state index in [4.69, 9.17) is 10.5 Å². The molecule has 1 atom stereocenters. The van der Waals surface area contributed by atoms with Gasteiger partial charge in [0.25, 0.3) is 0 Å². The van der Waals surface area contributed by atoms with E-state index in [9.17, 15) is 4.79 Å².